The number of hydrogen-bond donors (Lipinski definition) is 3. The van der Waals surface area contributed by atoms with Crippen LogP contribution in [0.5, 0.6) is 0 Å². The fourth-order valence-electron chi connectivity index (χ4n) is 4.24. The van der Waals surface area contributed by atoms with E-state index < -0.39 is 12.1 Å². The number of carboxylic acids is 1. The quantitative estimate of drug-likeness (QED) is 0.0978. The van der Waals surface area contributed by atoms with Crippen LogP contribution in [0.4, 0.5) is 0 Å². The predicted octanol–water partition coefficient (Wildman–Crippen LogP) is 5.70. The summed E-state index contributed by atoms with van der Waals surface area (Å²) in [5, 5.41) is 27.7. The van der Waals surface area contributed by atoms with Crippen molar-refractivity contribution in [1.29, 1.82) is 0 Å². The van der Waals surface area contributed by atoms with Crippen LogP contribution < -0.4 is 0 Å². The monoisotopic (exact) mass is 501 g/mol. The number of unbranched alkanes of at least 4 members (excludes halogenated alkanes) is 14. The number of ether oxygens (including phenoxy) is 1. The summed E-state index contributed by atoms with van der Waals surface area (Å²) in [4.78, 5) is 24.6. The smallest absolute Gasteiger partial charge is 0.305 e. The van der Waals surface area contributed by atoms with Crippen molar-refractivity contribution in [3.8, 4) is 0 Å². The fraction of sp³-hybridized carbons (Fsp3) is 0.929. The van der Waals surface area contributed by atoms with Crippen LogP contribution in [0.25, 0.3) is 0 Å². The minimum absolute atomic E-state index is 0.0666. The summed E-state index contributed by atoms with van der Waals surface area (Å²) in [6.07, 6.45) is 18.5. The second-order valence-corrected chi connectivity index (χ2v) is 9.91. The number of aliphatic hydroxyl groups excluding tert-OH is 2. The van der Waals surface area contributed by atoms with Crippen LogP contribution >= 0.6 is 0 Å². The molecule has 1 unspecified atom stereocenters. The molecule has 0 heterocycles. The predicted molar refractivity (Wildman–Crippen MR) is 142 cm³/mol. The maximum absolute atomic E-state index is 11.8. The molecule has 0 aliphatic rings. The Morgan fingerprint density at radius 1 is 0.714 bits per heavy atom. The van der Waals surface area contributed by atoms with Gasteiger partial charge in [0.2, 0.25) is 0 Å². The summed E-state index contributed by atoms with van der Waals surface area (Å²) in [5.74, 6) is -0.795. The Morgan fingerprint density at radius 2 is 1.20 bits per heavy atom. The van der Waals surface area contributed by atoms with Crippen LogP contribution in [0.2, 0.25) is 0 Å². The first-order chi connectivity index (χ1) is 17.0. The normalized spacial score (nSPS) is 12.2. The van der Waals surface area contributed by atoms with Crippen molar-refractivity contribution in [3.63, 3.8) is 0 Å². The van der Waals surface area contributed by atoms with E-state index in [1.54, 1.807) is 0 Å². The van der Waals surface area contributed by atoms with Crippen LogP contribution in [0.1, 0.15) is 129 Å². The molecule has 0 rings (SSSR count). The van der Waals surface area contributed by atoms with Gasteiger partial charge in [-0.2, -0.15) is 0 Å². The molecule has 0 saturated carbocycles. The average molecular weight is 502 g/mol. The second kappa shape index (κ2) is 25.9. The summed E-state index contributed by atoms with van der Waals surface area (Å²) in [7, 11) is 0. The molecule has 0 spiro atoms. The Bertz CT molecular complexity index is 488. The summed E-state index contributed by atoms with van der Waals surface area (Å²) in [5.41, 5.74) is 0. The van der Waals surface area contributed by atoms with E-state index in [2.05, 4.69) is 11.8 Å². The van der Waals surface area contributed by atoms with Crippen molar-refractivity contribution < 1.29 is 29.6 Å². The van der Waals surface area contributed by atoms with Gasteiger partial charge in [0.05, 0.1) is 19.3 Å². The second-order valence-electron chi connectivity index (χ2n) is 9.91. The molecule has 3 N–H and O–H groups in total. The molecule has 0 amide bonds. The molecule has 0 bridgehead atoms. The number of carbonyl (C=O) groups is 2. The lowest BCUT2D eigenvalue weighted by Crippen LogP contribution is -2.35. The van der Waals surface area contributed by atoms with E-state index in [-0.39, 0.29) is 19.0 Å². The minimum atomic E-state index is -0.729. The number of hydrogen-bond acceptors (Lipinski definition) is 6. The van der Waals surface area contributed by atoms with E-state index in [1.165, 1.54) is 32.1 Å². The average Bonchev–Trinajstić information content (AvgIpc) is 2.83. The molecular formula is C28H55NO6. The highest BCUT2D eigenvalue weighted by Gasteiger charge is 2.11. The number of esters is 1. The van der Waals surface area contributed by atoms with Crippen LogP contribution in [-0.4, -0.2) is 71.1 Å². The van der Waals surface area contributed by atoms with Gasteiger partial charge in [0.25, 0.3) is 0 Å². The zero-order valence-electron chi connectivity index (χ0n) is 22.6. The van der Waals surface area contributed by atoms with Gasteiger partial charge in [0.1, 0.15) is 0 Å². The molecule has 0 aliphatic heterocycles. The number of carboxylic acid groups (broad SMARTS) is 1. The summed E-state index contributed by atoms with van der Waals surface area (Å²) < 4.78 is 5.34. The van der Waals surface area contributed by atoms with E-state index in [4.69, 9.17) is 14.9 Å². The molecular weight excluding hydrogens is 446 g/mol. The van der Waals surface area contributed by atoms with Gasteiger partial charge in [-0.1, -0.05) is 84.0 Å². The van der Waals surface area contributed by atoms with E-state index in [0.717, 1.165) is 90.1 Å². The standard InChI is InChI=1S/C28H55NO6/c1-2-3-4-5-6-13-18-23-35-28(34)20-15-10-8-12-17-22-29(24-26(31)25-30)21-16-11-7-9-14-19-27(32)33/h26,30-31H,2-25H2,1H3,(H,32,33). The van der Waals surface area contributed by atoms with Gasteiger partial charge in [-0.15, -0.1) is 0 Å². The maximum Gasteiger partial charge on any atom is 0.305 e. The molecule has 0 aromatic heterocycles. The Morgan fingerprint density at radius 3 is 1.74 bits per heavy atom. The summed E-state index contributed by atoms with van der Waals surface area (Å²) in [6.45, 7) is 4.84. The van der Waals surface area contributed by atoms with E-state index in [9.17, 15) is 14.7 Å². The molecule has 0 fully saturated rings. The highest BCUT2D eigenvalue weighted by Crippen LogP contribution is 2.11. The minimum Gasteiger partial charge on any atom is -0.481 e. The molecule has 0 radical (unpaired) electrons. The zero-order chi connectivity index (χ0) is 26.0. The highest BCUT2D eigenvalue weighted by atomic mass is 16.5. The SMILES string of the molecule is CCCCCCCCCOC(=O)CCCCCCCN(CCCCCCCC(=O)O)CC(O)CO. The van der Waals surface area contributed by atoms with Crippen molar-refractivity contribution >= 4 is 11.9 Å². The number of carbonyl (C=O) groups excluding carboxylic acids is 1. The lowest BCUT2D eigenvalue weighted by Gasteiger charge is -2.24. The Kier molecular flexibility index (Phi) is 25.0. The fourth-order valence-corrected chi connectivity index (χ4v) is 4.24. The van der Waals surface area contributed by atoms with Crippen molar-refractivity contribution in [3.05, 3.63) is 0 Å². The Hall–Kier alpha value is -1.18. The van der Waals surface area contributed by atoms with Crippen LogP contribution in [0.3, 0.4) is 0 Å². The van der Waals surface area contributed by atoms with Gasteiger partial charge >= 0.3 is 11.9 Å². The van der Waals surface area contributed by atoms with E-state index in [1.807, 2.05) is 0 Å². The van der Waals surface area contributed by atoms with Crippen molar-refractivity contribution in [2.45, 2.75) is 135 Å². The van der Waals surface area contributed by atoms with Crippen molar-refractivity contribution in [1.82, 2.24) is 4.90 Å². The molecule has 7 heteroatoms. The van der Waals surface area contributed by atoms with Gasteiger partial charge in [-0.05, 0) is 45.2 Å². The third-order valence-corrected chi connectivity index (χ3v) is 6.41. The molecule has 7 nitrogen and oxygen atoms in total. The van der Waals surface area contributed by atoms with Gasteiger partial charge in [0.15, 0.2) is 0 Å². The van der Waals surface area contributed by atoms with Crippen molar-refractivity contribution in [2.75, 3.05) is 32.8 Å². The first-order valence-electron chi connectivity index (χ1n) is 14.4. The molecule has 0 aromatic rings. The number of nitrogens with zero attached hydrogens (tertiary/aromatic N) is 1. The zero-order valence-corrected chi connectivity index (χ0v) is 22.6. The molecule has 0 aliphatic carbocycles. The lowest BCUT2D eigenvalue weighted by molar-refractivity contribution is -0.144. The topological polar surface area (TPSA) is 107 Å². The Balaban J connectivity index is 3.71. The lowest BCUT2D eigenvalue weighted by atomic mass is 10.1. The third-order valence-electron chi connectivity index (χ3n) is 6.41. The van der Waals surface area contributed by atoms with Gasteiger partial charge in [-0.25, -0.2) is 0 Å². The first kappa shape index (κ1) is 33.8. The van der Waals surface area contributed by atoms with Crippen molar-refractivity contribution in [2.24, 2.45) is 0 Å². The third kappa shape index (κ3) is 25.7. The van der Waals surface area contributed by atoms with Crippen LogP contribution in [0.15, 0.2) is 0 Å². The van der Waals surface area contributed by atoms with Crippen LogP contribution in [-0.2, 0) is 14.3 Å². The first-order valence-corrected chi connectivity index (χ1v) is 14.4. The maximum atomic E-state index is 11.8. The number of rotatable bonds is 27. The van der Waals surface area contributed by atoms with Gasteiger partial charge in [-0.3, -0.25) is 9.59 Å². The number of aliphatic carboxylic acids is 1. The van der Waals surface area contributed by atoms with Gasteiger partial charge in [0, 0.05) is 19.4 Å². The highest BCUT2D eigenvalue weighted by molar-refractivity contribution is 5.69. The van der Waals surface area contributed by atoms with Gasteiger partial charge < -0.3 is 25.0 Å². The number of aliphatic hydroxyl groups is 2. The molecule has 0 saturated heterocycles. The van der Waals surface area contributed by atoms with E-state index in [0.29, 0.717) is 19.6 Å². The summed E-state index contributed by atoms with van der Waals surface area (Å²) in [6, 6.07) is 0. The molecule has 0 aromatic carbocycles. The Labute approximate surface area is 214 Å². The molecule has 208 valence electrons. The molecule has 1 atom stereocenters. The largest absolute Gasteiger partial charge is 0.481 e. The molecule has 35 heavy (non-hydrogen) atoms. The summed E-state index contributed by atoms with van der Waals surface area (Å²) >= 11 is 0. The van der Waals surface area contributed by atoms with E-state index >= 15 is 0 Å². The van der Waals surface area contributed by atoms with Crippen LogP contribution in [0, 0.1) is 0 Å².